The molecule has 0 N–H and O–H groups in total. The van der Waals surface area contributed by atoms with Crippen LogP contribution in [-0.2, 0) is 5.75 Å². The lowest BCUT2D eigenvalue weighted by atomic mass is 10.1. The van der Waals surface area contributed by atoms with Crippen LogP contribution in [0.5, 0.6) is 0 Å². The lowest BCUT2D eigenvalue weighted by Crippen LogP contribution is -2.23. The Kier molecular flexibility index (Phi) is 4.77. The quantitative estimate of drug-likeness (QED) is 0.385. The maximum atomic E-state index is 13.4. The van der Waals surface area contributed by atoms with Gasteiger partial charge in [0.05, 0.1) is 16.6 Å². The molecule has 4 rings (SSSR count). The molecule has 0 spiro atoms. The molecule has 2 aromatic carbocycles. The second kappa shape index (κ2) is 7.37. The second-order valence-electron chi connectivity index (χ2n) is 6.44. The van der Waals surface area contributed by atoms with Gasteiger partial charge in [0.2, 0.25) is 0 Å². The van der Waals surface area contributed by atoms with Crippen molar-refractivity contribution in [1.29, 1.82) is 0 Å². The van der Waals surface area contributed by atoms with Crippen LogP contribution in [-0.4, -0.2) is 14.5 Å². The van der Waals surface area contributed by atoms with Crippen molar-refractivity contribution in [3.63, 3.8) is 0 Å². The van der Waals surface area contributed by atoms with Crippen molar-refractivity contribution in [3.8, 4) is 5.69 Å². The van der Waals surface area contributed by atoms with Crippen LogP contribution >= 0.6 is 11.8 Å². The molecule has 27 heavy (non-hydrogen) atoms. The van der Waals surface area contributed by atoms with Gasteiger partial charge >= 0.3 is 0 Å². The zero-order chi connectivity index (χ0) is 18.8. The monoisotopic (exact) mass is 373 g/mol. The predicted octanol–water partition coefficient (Wildman–Crippen LogP) is 4.69. The molecule has 0 aliphatic carbocycles. The van der Waals surface area contributed by atoms with E-state index in [1.807, 2.05) is 74.6 Å². The van der Waals surface area contributed by atoms with Crippen LogP contribution in [0.15, 0.2) is 76.9 Å². The van der Waals surface area contributed by atoms with Crippen molar-refractivity contribution in [2.45, 2.75) is 24.8 Å². The molecule has 0 fully saturated rings. The van der Waals surface area contributed by atoms with E-state index in [1.165, 1.54) is 0 Å². The fourth-order valence-electron chi connectivity index (χ4n) is 3.20. The highest BCUT2D eigenvalue weighted by Crippen LogP contribution is 2.27. The fraction of sp³-hybridized carbons (Fsp3) is 0.136. The number of pyridine rings is 1. The summed E-state index contributed by atoms with van der Waals surface area (Å²) in [4.78, 5) is 22.3. The van der Waals surface area contributed by atoms with Gasteiger partial charge in [-0.15, -0.1) is 0 Å². The van der Waals surface area contributed by atoms with Gasteiger partial charge in [-0.05, 0) is 48.7 Å². The lowest BCUT2D eigenvalue weighted by Gasteiger charge is -2.17. The molecule has 2 aromatic heterocycles. The summed E-state index contributed by atoms with van der Waals surface area (Å²) in [6.07, 6.45) is 3.60. The third kappa shape index (κ3) is 3.38. The van der Waals surface area contributed by atoms with E-state index in [0.29, 0.717) is 16.3 Å². The summed E-state index contributed by atoms with van der Waals surface area (Å²) in [6, 6.07) is 17.5. The van der Waals surface area contributed by atoms with Crippen LogP contribution < -0.4 is 5.56 Å². The van der Waals surface area contributed by atoms with Crippen molar-refractivity contribution in [2.24, 2.45) is 0 Å². The fourth-order valence-corrected chi connectivity index (χ4v) is 4.13. The molecule has 0 atom stereocenters. The largest absolute Gasteiger partial charge is 0.268 e. The number of benzene rings is 2. The molecule has 0 aliphatic rings. The molecule has 0 radical (unpaired) electrons. The third-order valence-corrected chi connectivity index (χ3v) is 5.51. The van der Waals surface area contributed by atoms with Crippen LogP contribution in [0.1, 0.15) is 16.7 Å². The Morgan fingerprint density at radius 2 is 1.74 bits per heavy atom. The first-order chi connectivity index (χ1) is 13.1. The highest BCUT2D eigenvalue weighted by atomic mass is 32.2. The smallest absolute Gasteiger partial charge is 0.266 e. The Morgan fingerprint density at radius 3 is 2.48 bits per heavy atom. The summed E-state index contributed by atoms with van der Waals surface area (Å²) >= 11 is 1.55. The van der Waals surface area contributed by atoms with Crippen molar-refractivity contribution < 1.29 is 0 Å². The van der Waals surface area contributed by atoms with E-state index in [2.05, 4.69) is 4.98 Å². The molecule has 0 unspecified atom stereocenters. The zero-order valence-corrected chi connectivity index (χ0v) is 16.0. The van der Waals surface area contributed by atoms with Gasteiger partial charge in [-0.2, -0.15) is 0 Å². The molecular weight excluding hydrogens is 354 g/mol. The summed E-state index contributed by atoms with van der Waals surface area (Å²) in [5, 5.41) is 1.32. The number of aromatic nitrogens is 3. The number of nitrogens with zero attached hydrogens (tertiary/aromatic N) is 3. The SMILES string of the molecule is Cc1cccc(C)c1-n1c(SCc2cccnc2)nc2ccccc2c1=O. The molecule has 0 saturated heterocycles. The van der Waals surface area contributed by atoms with Crippen LogP contribution in [0.25, 0.3) is 16.6 Å². The van der Waals surface area contributed by atoms with Gasteiger partial charge in [0.1, 0.15) is 0 Å². The average Bonchev–Trinajstić information content (AvgIpc) is 2.69. The number of para-hydroxylation sites is 2. The summed E-state index contributed by atoms with van der Waals surface area (Å²) in [5.41, 5.74) is 4.80. The first-order valence-corrected chi connectivity index (χ1v) is 9.74. The molecule has 2 heterocycles. The van der Waals surface area contributed by atoms with Gasteiger partial charge < -0.3 is 0 Å². The predicted molar refractivity (Wildman–Crippen MR) is 111 cm³/mol. The topological polar surface area (TPSA) is 47.8 Å². The summed E-state index contributed by atoms with van der Waals surface area (Å²) in [5.74, 6) is 0.698. The van der Waals surface area contributed by atoms with E-state index in [-0.39, 0.29) is 5.56 Å². The van der Waals surface area contributed by atoms with Crippen LogP contribution in [0.2, 0.25) is 0 Å². The van der Waals surface area contributed by atoms with E-state index >= 15 is 0 Å². The second-order valence-corrected chi connectivity index (χ2v) is 7.38. The van der Waals surface area contributed by atoms with Gasteiger partial charge in [-0.3, -0.25) is 14.3 Å². The molecule has 0 bridgehead atoms. The van der Waals surface area contributed by atoms with Crippen LogP contribution in [0.4, 0.5) is 0 Å². The molecule has 134 valence electrons. The van der Waals surface area contributed by atoms with Gasteiger partial charge in [0.25, 0.3) is 5.56 Å². The van der Waals surface area contributed by atoms with E-state index < -0.39 is 0 Å². The standard InChI is InChI=1S/C22H19N3OS/c1-15-7-5-8-16(2)20(15)25-21(26)18-10-3-4-11-19(18)24-22(25)27-14-17-9-6-12-23-13-17/h3-13H,14H2,1-2H3. The zero-order valence-electron chi connectivity index (χ0n) is 15.2. The number of rotatable bonds is 4. The van der Waals surface area contributed by atoms with Gasteiger partial charge in [0.15, 0.2) is 5.16 Å². The maximum absolute atomic E-state index is 13.4. The van der Waals surface area contributed by atoms with Crippen molar-refractivity contribution in [1.82, 2.24) is 14.5 Å². The molecule has 5 heteroatoms. The minimum Gasteiger partial charge on any atom is -0.268 e. The van der Waals surface area contributed by atoms with E-state index in [9.17, 15) is 4.79 Å². The Bertz CT molecular complexity index is 1150. The minimum absolute atomic E-state index is 0.0355. The molecular formula is C22H19N3OS. The molecule has 0 aliphatic heterocycles. The third-order valence-electron chi connectivity index (χ3n) is 4.50. The Morgan fingerprint density at radius 1 is 0.963 bits per heavy atom. The first kappa shape index (κ1) is 17.5. The van der Waals surface area contributed by atoms with Gasteiger partial charge in [0, 0.05) is 18.1 Å². The summed E-state index contributed by atoms with van der Waals surface area (Å²) < 4.78 is 1.76. The van der Waals surface area contributed by atoms with E-state index in [4.69, 9.17) is 4.98 Å². The summed E-state index contributed by atoms with van der Waals surface area (Å²) in [6.45, 7) is 4.05. The number of aryl methyl sites for hydroxylation is 2. The average molecular weight is 373 g/mol. The van der Waals surface area contributed by atoms with Crippen molar-refractivity contribution in [3.05, 3.63) is 94.0 Å². The van der Waals surface area contributed by atoms with Crippen LogP contribution in [0, 0.1) is 13.8 Å². The van der Waals surface area contributed by atoms with E-state index in [0.717, 1.165) is 27.9 Å². The molecule has 0 amide bonds. The maximum Gasteiger partial charge on any atom is 0.266 e. The Hall–Kier alpha value is -2.92. The number of hydrogen-bond acceptors (Lipinski definition) is 4. The lowest BCUT2D eigenvalue weighted by molar-refractivity contribution is 0.808. The van der Waals surface area contributed by atoms with E-state index in [1.54, 1.807) is 22.5 Å². The molecule has 4 nitrogen and oxygen atoms in total. The summed E-state index contributed by atoms with van der Waals surface area (Å²) in [7, 11) is 0. The normalized spacial score (nSPS) is 11.0. The highest BCUT2D eigenvalue weighted by molar-refractivity contribution is 7.98. The number of thioether (sulfide) groups is 1. The number of hydrogen-bond donors (Lipinski definition) is 0. The molecule has 0 saturated carbocycles. The minimum atomic E-state index is -0.0355. The Balaban J connectivity index is 1.92. The Labute approximate surface area is 161 Å². The first-order valence-electron chi connectivity index (χ1n) is 8.75. The van der Waals surface area contributed by atoms with Crippen molar-refractivity contribution in [2.75, 3.05) is 0 Å². The van der Waals surface area contributed by atoms with Gasteiger partial charge in [-0.1, -0.05) is 48.2 Å². The van der Waals surface area contributed by atoms with Crippen molar-refractivity contribution >= 4 is 22.7 Å². The van der Waals surface area contributed by atoms with Crippen LogP contribution in [0.3, 0.4) is 0 Å². The number of fused-ring (bicyclic) bond motifs is 1. The van der Waals surface area contributed by atoms with Gasteiger partial charge in [-0.25, -0.2) is 4.98 Å². The highest BCUT2D eigenvalue weighted by Gasteiger charge is 2.16. The molecule has 4 aromatic rings.